The molecule has 1 heterocycles. The molecule has 0 radical (unpaired) electrons. The molecule has 0 unspecified atom stereocenters. The third kappa shape index (κ3) is 1.07. The van der Waals surface area contributed by atoms with Crippen LogP contribution in [-0.4, -0.2) is 4.98 Å². The Morgan fingerprint density at radius 2 is 2.22 bits per heavy atom. The van der Waals surface area contributed by atoms with Crippen LogP contribution >= 0.6 is 0 Å². The molecule has 1 aromatic heterocycles. The van der Waals surface area contributed by atoms with E-state index in [2.05, 4.69) is 0 Å². The van der Waals surface area contributed by atoms with Gasteiger partial charge in [-0.05, 0) is 6.07 Å². The number of aromatic amines is 1. The molecule has 9 heavy (non-hydrogen) atoms. The fraction of sp³-hybridized carbons (Fsp3) is 0. The Balaban J connectivity index is 3.34. The molecule has 0 saturated carbocycles. The van der Waals surface area contributed by atoms with Crippen LogP contribution < -0.4 is 11.3 Å². The molecule has 1 aromatic rings. The largest absolute Gasteiger partial charge is 0.395 e. The van der Waals surface area contributed by atoms with Gasteiger partial charge in [-0.2, -0.15) is 4.39 Å². The van der Waals surface area contributed by atoms with Crippen LogP contribution in [0, 0.1) is 5.95 Å². The van der Waals surface area contributed by atoms with Crippen molar-refractivity contribution in [3.63, 3.8) is 0 Å². The number of nitrogens with one attached hydrogen (secondary N) is 1. The van der Waals surface area contributed by atoms with Crippen molar-refractivity contribution < 1.29 is 4.39 Å². The van der Waals surface area contributed by atoms with Gasteiger partial charge < -0.3 is 5.73 Å². The first-order valence-corrected chi connectivity index (χ1v) is 2.34. The maximum atomic E-state index is 12.2. The Labute approximate surface area is 50.3 Å². The fourth-order valence-electron chi connectivity index (χ4n) is 0.461. The summed E-state index contributed by atoms with van der Waals surface area (Å²) < 4.78 is 12.2. The van der Waals surface area contributed by atoms with E-state index in [9.17, 15) is 9.18 Å². The van der Waals surface area contributed by atoms with Gasteiger partial charge in [0.1, 0.15) is 0 Å². The number of hydrogen-bond donors (Lipinski definition) is 2. The smallest absolute Gasteiger partial charge is 0.250 e. The van der Waals surface area contributed by atoms with Crippen molar-refractivity contribution in [3.8, 4) is 0 Å². The minimum absolute atomic E-state index is 0.0467. The molecule has 3 N–H and O–H groups in total. The van der Waals surface area contributed by atoms with Gasteiger partial charge in [-0.1, -0.05) is 0 Å². The van der Waals surface area contributed by atoms with Gasteiger partial charge in [-0.25, -0.2) is 0 Å². The van der Waals surface area contributed by atoms with E-state index < -0.39 is 11.5 Å². The van der Waals surface area contributed by atoms with Gasteiger partial charge in [0, 0.05) is 6.07 Å². The van der Waals surface area contributed by atoms with Crippen LogP contribution in [0.1, 0.15) is 0 Å². The summed E-state index contributed by atoms with van der Waals surface area (Å²) in [6.07, 6.45) is 0. The summed E-state index contributed by atoms with van der Waals surface area (Å²) in [5.74, 6) is -0.775. The number of hydrogen-bond acceptors (Lipinski definition) is 2. The molecular weight excluding hydrogens is 123 g/mol. The third-order valence-corrected chi connectivity index (χ3v) is 0.901. The van der Waals surface area contributed by atoms with E-state index in [-0.39, 0.29) is 5.69 Å². The van der Waals surface area contributed by atoms with Crippen molar-refractivity contribution in [2.24, 2.45) is 0 Å². The summed E-state index contributed by atoms with van der Waals surface area (Å²) in [7, 11) is 0. The quantitative estimate of drug-likeness (QED) is 0.486. The number of nitrogen functional groups attached to an aromatic ring is 1. The van der Waals surface area contributed by atoms with Crippen LogP contribution in [0.25, 0.3) is 0 Å². The molecule has 0 aliphatic rings. The van der Waals surface area contributed by atoms with Crippen molar-refractivity contribution in [1.82, 2.24) is 4.98 Å². The number of aromatic nitrogens is 1. The van der Waals surface area contributed by atoms with Crippen LogP contribution in [-0.2, 0) is 0 Å². The maximum Gasteiger partial charge on any atom is 0.250 e. The predicted octanol–water partition coefficient (Wildman–Crippen LogP) is 0.0962. The highest BCUT2D eigenvalue weighted by molar-refractivity contribution is 5.34. The van der Waals surface area contributed by atoms with Gasteiger partial charge in [-0.3, -0.25) is 9.78 Å². The molecule has 0 aromatic carbocycles. The average molecular weight is 128 g/mol. The third-order valence-electron chi connectivity index (χ3n) is 0.901. The average Bonchev–Trinajstić information content (AvgIpc) is 1.80. The minimum atomic E-state index is -0.775. The number of anilines is 1. The van der Waals surface area contributed by atoms with Gasteiger partial charge >= 0.3 is 0 Å². The highest BCUT2D eigenvalue weighted by atomic mass is 19.1. The van der Waals surface area contributed by atoms with Crippen molar-refractivity contribution in [3.05, 3.63) is 28.4 Å². The van der Waals surface area contributed by atoms with E-state index in [0.29, 0.717) is 0 Å². The van der Waals surface area contributed by atoms with E-state index in [0.717, 1.165) is 0 Å². The number of halogens is 1. The second-order valence-corrected chi connectivity index (χ2v) is 1.59. The SMILES string of the molecule is Nc1ccc(=O)[nH]c1F. The zero-order valence-corrected chi connectivity index (χ0v) is 4.52. The lowest BCUT2D eigenvalue weighted by atomic mass is 10.4. The molecule has 1 rings (SSSR count). The Bertz CT molecular complexity index is 268. The van der Waals surface area contributed by atoms with Gasteiger partial charge in [0.25, 0.3) is 0 Å². The number of rotatable bonds is 0. The molecule has 4 heteroatoms. The summed E-state index contributed by atoms with van der Waals surface area (Å²) in [4.78, 5) is 12.2. The molecule has 0 atom stereocenters. The zero-order chi connectivity index (χ0) is 6.85. The summed E-state index contributed by atoms with van der Waals surface area (Å²) in [6.45, 7) is 0. The normalized spacial score (nSPS) is 9.44. The van der Waals surface area contributed by atoms with E-state index in [1.54, 1.807) is 0 Å². The van der Waals surface area contributed by atoms with Crippen molar-refractivity contribution in [2.75, 3.05) is 5.73 Å². The monoisotopic (exact) mass is 128 g/mol. The van der Waals surface area contributed by atoms with Crippen LogP contribution in [0.3, 0.4) is 0 Å². The second kappa shape index (κ2) is 1.89. The van der Waals surface area contributed by atoms with E-state index in [4.69, 9.17) is 5.73 Å². The first kappa shape index (κ1) is 5.81. The molecule has 3 nitrogen and oxygen atoms in total. The molecule has 0 amide bonds. The van der Waals surface area contributed by atoms with Gasteiger partial charge in [0.15, 0.2) is 0 Å². The molecule has 48 valence electrons. The van der Waals surface area contributed by atoms with E-state index in [1.165, 1.54) is 12.1 Å². The molecule has 0 bridgehead atoms. The minimum Gasteiger partial charge on any atom is -0.395 e. The van der Waals surface area contributed by atoms with Gasteiger partial charge in [0.05, 0.1) is 5.69 Å². The predicted molar refractivity (Wildman–Crippen MR) is 31.4 cm³/mol. The second-order valence-electron chi connectivity index (χ2n) is 1.59. The van der Waals surface area contributed by atoms with Crippen LogP contribution in [0.5, 0.6) is 0 Å². The summed E-state index contributed by atoms with van der Waals surface area (Å²) in [5, 5.41) is 0. The standard InChI is InChI=1S/C5H5FN2O/c6-5-3(7)1-2-4(9)8-5/h1-2H,7H2,(H,8,9). The Kier molecular flexibility index (Phi) is 1.22. The molecule has 0 fully saturated rings. The van der Waals surface area contributed by atoms with Crippen LogP contribution in [0.15, 0.2) is 16.9 Å². The summed E-state index contributed by atoms with van der Waals surface area (Å²) >= 11 is 0. The van der Waals surface area contributed by atoms with E-state index >= 15 is 0 Å². The van der Waals surface area contributed by atoms with Crippen LogP contribution in [0.4, 0.5) is 10.1 Å². The first-order chi connectivity index (χ1) is 4.20. The maximum absolute atomic E-state index is 12.2. The summed E-state index contributed by atoms with van der Waals surface area (Å²) in [5.41, 5.74) is 4.51. The molecule has 0 spiro atoms. The lowest BCUT2D eigenvalue weighted by Crippen LogP contribution is -2.07. The molecule has 0 aliphatic heterocycles. The highest BCUT2D eigenvalue weighted by Gasteiger charge is 1.94. The lowest BCUT2D eigenvalue weighted by molar-refractivity contribution is 0.585. The Morgan fingerprint density at radius 3 is 2.67 bits per heavy atom. The molecular formula is C5H5FN2O. The number of pyridine rings is 1. The number of H-pyrrole nitrogens is 1. The molecule has 0 aliphatic carbocycles. The fourth-order valence-corrected chi connectivity index (χ4v) is 0.461. The number of nitrogens with two attached hydrogens (primary N) is 1. The van der Waals surface area contributed by atoms with Gasteiger partial charge in [-0.15, -0.1) is 0 Å². The topological polar surface area (TPSA) is 58.9 Å². The van der Waals surface area contributed by atoms with Crippen molar-refractivity contribution in [2.45, 2.75) is 0 Å². The first-order valence-electron chi connectivity index (χ1n) is 2.34. The Hall–Kier alpha value is -1.32. The van der Waals surface area contributed by atoms with Crippen molar-refractivity contribution in [1.29, 1.82) is 0 Å². The van der Waals surface area contributed by atoms with E-state index in [1.807, 2.05) is 4.98 Å². The summed E-state index contributed by atoms with van der Waals surface area (Å²) in [6, 6.07) is 2.38. The van der Waals surface area contributed by atoms with Gasteiger partial charge in [0.2, 0.25) is 11.5 Å². The lowest BCUT2D eigenvalue weighted by Gasteiger charge is -1.90. The highest BCUT2D eigenvalue weighted by Crippen LogP contribution is 1.99. The molecule has 0 saturated heterocycles. The zero-order valence-electron chi connectivity index (χ0n) is 4.52. The Morgan fingerprint density at radius 1 is 1.56 bits per heavy atom. The van der Waals surface area contributed by atoms with Crippen molar-refractivity contribution >= 4 is 5.69 Å². The van der Waals surface area contributed by atoms with Crippen LogP contribution in [0.2, 0.25) is 0 Å².